The first-order chi connectivity index (χ1) is 8.47. The number of aliphatic carboxylic acids is 1. The maximum atomic E-state index is 13.0. The van der Waals surface area contributed by atoms with Gasteiger partial charge in [0.1, 0.15) is 11.6 Å². The zero-order chi connectivity index (χ0) is 15.3. The predicted molar refractivity (Wildman–Crippen MR) is 65.3 cm³/mol. The average Bonchev–Trinajstić information content (AvgIpc) is 2.21. The van der Waals surface area contributed by atoms with Gasteiger partial charge in [-0.25, -0.2) is 18.4 Å². The average molecular weight is 281 g/mol. The zero-order valence-corrected chi connectivity index (χ0v) is 11.6. The highest BCUT2D eigenvalue weighted by Crippen LogP contribution is 2.24. The number of ether oxygens (including phenoxy) is 1. The van der Waals surface area contributed by atoms with Gasteiger partial charge in [0, 0.05) is 12.8 Å². The second kappa shape index (κ2) is 6.68. The lowest BCUT2D eigenvalue weighted by Crippen LogP contribution is -2.44. The number of alkyl carbamates (subject to hydrolysis) is 1. The number of amides is 1. The van der Waals surface area contributed by atoms with Crippen LogP contribution in [-0.4, -0.2) is 34.7 Å². The summed E-state index contributed by atoms with van der Waals surface area (Å²) >= 11 is 0. The predicted octanol–water partition coefficient (Wildman–Crippen LogP) is 2.79. The molecule has 0 radical (unpaired) electrons. The van der Waals surface area contributed by atoms with Crippen molar-refractivity contribution >= 4 is 12.1 Å². The summed E-state index contributed by atoms with van der Waals surface area (Å²) in [6.07, 6.45) is -2.25. The SMILES string of the molecule is CCC(F)(F)CCC(NC(=O)OC(C)(C)C)C(=O)O. The third kappa shape index (κ3) is 8.34. The van der Waals surface area contributed by atoms with Gasteiger partial charge in [-0.1, -0.05) is 6.92 Å². The van der Waals surface area contributed by atoms with Crippen molar-refractivity contribution in [2.45, 2.75) is 64.5 Å². The third-order valence-electron chi connectivity index (χ3n) is 2.31. The lowest BCUT2D eigenvalue weighted by molar-refractivity contribution is -0.140. The summed E-state index contributed by atoms with van der Waals surface area (Å²) in [6, 6.07) is -1.38. The topological polar surface area (TPSA) is 75.6 Å². The third-order valence-corrected chi connectivity index (χ3v) is 2.31. The summed E-state index contributed by atoms with van der Waals surface area (Å²) in [5.74, 6) is -4.29. The van der Waals surface area contributed by atoms with E-state index in [1.165, 1.54) is 6.92 Å². The van der Waals surface area contributed by atoms with Gasteiger partial charge in [0.25, 0.3) is 0 Å². The number of carboxylic acid groups (broad SMARTS) is 1. The molecule has 5 nitrogen and oxygen atoms in total. The van der Waals surface area contributed by atoms with Crippen LogP contribution in [0.2, 0.25) is 0 Å². The summed E-state index contributed by atoms with van der Waals surface area (Å²) in [7, 11) is 0. The van der Waals surface area contributed by atoms with Crippen LogP contribution in [0.5, 0.6) is 0 Å². The second-order valence-corrected chi connectivity index (χ2v) is 5.29. The van der Waals surface area contributed by atoms with Crippen LogP contribution >= 0.6 is 0 Å². The molecule has 0 fully saturated rings. The number of nitrogens with one attached hydrogen (secondary N) is 1. The van der Waals surface area contributed by atoms with E-state index in [4.69, 9.17) is 9.84 Å². The van der Waals surface area contributed by atoms with E-state index in [2.05, 4.69) is 5.32 Å². The molecule has 0 aliphatic rings. The van der Waals surface area contributed by atoms with E-state index in [-0.39, 0.29) is 12.8 Å². The lowest BCUT2D eigenvalue weighted by atomic mass is 10.1. The monoisotopic (exact) mass is 281 g/mol. The molecule has 1 atom stereocenters. The van der Waals surface area contributed by atoms with Crippen molar-refractivity contribution in [2.24, 2.45) is 0 Å². The van der Waals surface area contributed by atoms with E-state index in [0.717, 1.165) is 0 Å². The molecule has 0 aliphatic heterocycles. The van der Waals surface area contributed by atoms with E-state index in [1.54, 1.807) is 20.8 Å². The van der Waals surface area contributed by atoms with Gasteiger partial charge in [0.05, 0.1) is 0 Å². The van der Waals surface area contributed by atoms with Gasteiger partial charge in [-0.05, 0) is 27.2 Å². The number of hydrogen-bond acceptors (Lipinski definition) is 3. The largest absolute Gasteiger partial charge is 0.480 e. The van der Waals surface area contributed by atoms with Crippen molar-refractivity contribution in [3.63, 3.8) is 0 Å². The molecule has 2 N–H and O–H groups in total. The minimum Gasteiger partial charge on any atom is -0.480 e. The molecule has 0 saturated heterocycles. The summed E-state index contributed by atoms with van der Waals surface area (Å²) in [5.41, 5.74) is -0.777. The smallest absolute Gasteiger partial charge is 0.408 e. The fraction of sp³-hybridized carbons (Fsp3) is 0.833. The Labute approximate surface area is 111 Å². The first kappa shape index (κ1) is 17.6. The van der Waals surface area contributed by atoms with E-state index in [1.807, 2.05) is 0 Å². The fourth-order valence-corrected chi connectivity index (χ4v) is 1.24. The normalized spacial score (nSPS) is 13.8. The molecule has 1 amide bonds. The highest BCUT2D eigenvalue weighted by molar-refractivity contribution is 5.79. The van der Waals surface area contributed by atoms with Crippen LogP contribution in [0.3, 0.4) is 0 Å². The van der Waals surface area contributed by atoms with Gasteiger partial charge in [-0.3, -0.25) is 0 Å². The molecule has 112 valence electrons. The standard InChI is InChI=1S/C12H21F2NO4/c1-5-12(13,14)7-6-8(9(16)17)15-10(18)19-11(2,3)4/h8H,5-7H2,1-4H3,(H,15,18)(H,16,17). The van der Waals surface area contributed by atoms with E-state index in [0.29, 0.717) is 0 Å². The van der Waals surface area contributed by atoms with Crippen molar-refractivity contribution in [1.29, 1.82) is 0 Å². The molecule has 19 heavy (non-hydrogen) atoms. The van der Waals surface area contributed by atoms with Crippen molar-refractivity contribution in [3.05, 3.63) is 0 Å². The molecular formula is C12H21F2NO4. The molecule has 1 unspecified atom stereocenters. The van der Waals surface area contributed by atoms with Crippen LogP contribution in [0.1, 0.15) is 47.0 Å². The molecule has 0 rings (SSSR count). The Hall–Kier alpha value is -1.40. The van der Waals surface area contributed by atoms with Crippen molar-refractivity contribution in [2.75, 3.05) is 0 Å². The van der Waals surface area contributed by atoms with Crippen molar-refractivity contribution in [1.82, 2.24) is 5.32 Å². The maximum Gasteiger partial charge on any atom is 0.408 e. The molecule has 0 bridgehead atoms. The minimum atomic E-state index is -2.93. The molecule has 0 saturated carbocycles. The van der Waals surface area contributed by atoms with Crippen LogP contribution in [0.15, 0.2) is 0 Å². The zero-order valence-electron chi connectivity index (χ0n) is 11.6. The molecule has 0 spiro atoms. The number of carboxylic acids is 1. The maximum absolute atomic E-state index is 13.0. The molecule has 0 aromatic carbocycles. The van der Waals surface area contributed by atoms with Crippen LogP contribution in [-0.2, 0) is 9.53 Å². The minimum absolute atomic E-state index is 0.352. The molecular weight excluding hydrogens is 260 g/mol. The van der Waals surface area contributed by atoms with Crippen molar-refractivity contribution in [3.8, 4) is 0 Å². The first-order valence-electron chi connectivity index (χ1n) is 6.07. The van der Waals surface area contributed by atoms with E-state index in [9.17, 15) is 18.4 Å². The van der Waals surface area contributed by atoms with Crippen molar-refractivity contribution < 1.29 is 28.2 Å². The summed E-state index contributed by atoms with van der Waals surface area (Å²) in [5, 5.41) is 11.0. The van der Waals surface area contributed by atoms with Crippen LogP contribution < -0.4 is 5.32 Å². The first-order valence-corrected chi connectivity index (χ1v) is 6.07. The van der Waals surface area contributed by atoms with Gasteiger partial charge in [0.2, 0.25) is 5.92 Å². The number of hydrogen-bond donors (Lipinski definition) is 2. The Morgan fingerprint density at radius 1 is 1.32 bits per heavy atom. The lowest BCUT2D eigenvalue weighted by Gasteiger charge is -2.23. The summed E-state index contributed by atoms with van der Waals surface area (Å²) in [4.78, 5) is 22.3. The quantitative estimate of drug-likeness (QED) is 0.785. The van der Waals surface area contributed by atoms with Gasteiger partial charge >= 0.3 is 12.1 Å². The van der Waals surface area contributed by atoms with E-state index >= 15 is 0 Å². The number of rotatable bonds is 6. The number of carbonyl (C=O) groups excluding carboxylic acids is 1. The Morgan fingerprint density at radius 2 is 1.84 bits per heavy atom. The highest BCUT2D eigenvalue weighted by Gasteiger charge is 2.31. The molecule has 0 aromatic rings. The highest BCUT2D eigenvalue weighted by atomic mass is 19.3. The Morgan fingerprint density at radius 3 is 2.21 bits per heavy atom. The van der Waals surface area contributed by atoms with Gasteiger partial charge in [-0.15, -0.1) is 0 Å². The molecule has 0 aromatic heterocycles. The molecule has 0 aliphatic carbocycles. The Bertz CT molecular complexity index is 326. The number of halogens is 2. The fourth-order valence-electron chi connectivity index (χ4n) is 1.24. The molecule has 0 heterocycles. The van der Waals surface area contributed by atoms with Crippen LogP contribution in [0.4, 0.5) is 13.6 Å². The van der Waals surface area contributed by atoms with Gasteiger partial charge < -0.3 is 15.2 Å². The second-order valence-electron chi connectivity index (χ2n) is 5.29. The van der Waals surface area contributed by atoms with Gasteiger partial charge in [-0.2, -0.15) is 0 Å². The number of carbonyl (C=O) groups is 2. The van der Waals surface area contributed by atoms with Gasteiger partial charge in [0.15, 0.2) is 0 Å². The van der Waals surface area contributed by atoms with Crippen LogP contribution in [0, 0.1) is 0 Å². The molecule has 7 heteroatoms. The summed E-state index contributed by atoms with van der Waals surface area (Å²) < 4.78 is 31.0. The summed E-state index contributed by atoms with van der Waals surface area (Å²) in [6.45, 7) is 6.17. The Kier molecular flexibility index (Phi) is 6.18. The van der Waals surface area contributed by atoms with E-state index < -0.39 is 36.0 Å². The van der Waals surface area contributed by atoms with Crippen LogP contribution in [0.25, 0.3) is 0 Å². The Balaban J connectivity index is 4.43. The number of alkyl halides is 2.